The number of hydrogen-bond acceptors (Lipinski definition) is 3. The lowest BCUT2D eigenvalue weighted by atomic mass is 9.56. The first-order chi connectivity index (χ1) is 9.37. The van der Waals surface area contributed by atoms with Gasteiger partial charge in [0.05, 0.1) is 0 Å². The Bertz CT molecular complexity index is 493. The zero-order chi connectivity index (χ0) is 14.4. The van der Waals surface area contributed by atoms with Crippen molar-refractivity contribution in [1.29, 1.82) is 0 Å². The number of amides is 1. The molecule has 4 nitrogen and oxygen atoms in total. The lowest BCUT2D eigenvalue weighted by Gasteiger charge is -2.58. The van der Waals surface area contributed by atoms with Crippen molar-refractivity contribution in [3.05, 3.63) is 30.1 Å². The minimum Gasteiger partial charge on any atom is -0.444 e. The third kappa shape index (κ3) is 2.51. The number of ether oxygens (including phenoxy) is 1. The van der Waals surface area contributed by atoms with Crippen LogP contribution < -0.4 is 0 Å². The quantitative estimate of drug-likeness (QED) is 0.789. The van der Waals surface area contributed by atoms with E-state index in [1.165, 1.54) is 5.56 Å². The van der Waals surface area contributed by atoms with E-state index in [2.05, 4.69) is 11.1 Å². The smallest absolute Gasteiger partial charge is 0.410 e. The number of carbonyl (C=O) groups is 1. The van der Waals surface area contributed by atoms with Crippen molar-refractivity contribution in [3.8, 4) is 0 Å². The van der Waals surface area contributed by atoms with Gasteiger partial charge in [0, 0.05) is 30.9 Å². The SMILES string of the molecule is CC(C)(C)OC(=O)N1CC2(CC(c3cccnc3)C2)C1. The van der Waals surface area contributed by atoms with Crippen molar-refractivity contribution in [2.75, 3.05) is 13.1 Å². The predicted molar refractivity (Wildman–Crippen MR) is 76.5 cm³/mol. The third-order valence-electron chi connectivity index (χ3n) is 4.22. The minimum atomic E-state index is -0.405. The summed E-state index contributed by atoms with van der Waals surface area (Å²) in [6, 6.07) is 4.14. The third-order valence-corrected chi connectivity index (χ3v) is 4.22. The second kappa shape index (κ2) is 4.47. The lowest BCUT2D eigenvalue weighted by molar-refractivity contribution is -0.0786. The first kappa shape index (κ1) is 13.4. The molecule has 108 valence electrons. The van der Waals surface area contributed by atoms with Gasteiger partial charge in [0.2, 0.25) is 0 Å². The first-order valence-corrected chi connectivity index (χ1v) is 7.25. The number of pyridine rings is 1. The summed E-state index contributed by atoms with van der Waals surface area (Å²) < 4.78 is 5.39. The van der Waals surface area contributed by atoms with Crippen LogP contribution in [0.15, 0.2) is 24.5 Å². The van der Waals surface area contributed by atoms with E-state index < -0.39 is 5.60 Å². The Morgan fingerprint density at radius 1 is 1.40 bits per heavy atom. The van der Waals surface area contributed by atoms with E-state index in [-0.39, 0.29) is 6.09 Å². The van der Waals surface area contributed by atoms with Crippen molar-refractivity contribution in [2.24, 2.45) is 5.41 Å². The monoisotopic (exact) mass is 274 g/mol. The van der Waals surface area contributed by atoms with Crippen LogP contribution in [0.3, 0.4) is 0 Å². The molecule has 1 aliphatic heterocycles. The Labute approximate surface area is 120 Å². The van der Waals surface area contributed by atoms with Gasteiger partial charge in [0.25, 0.3) is 0 Å². The van der Waals surface area contributed by atoms with E-state index in [1.807, 2.05) is 44.1 Å². The molecule has 0 atom stereocenters. The van der Waals surface area contributed by atoms with E-state index in [9.17, 15) is 4.79 Å². The highest BCUT2D eigenvalue weighted by Crippen LogP contribution is 2.56. The van der Waals surface area contributed by atoms with E-state index in [4.69, 9.17) is 4.74 Å². The maximum absolute atomic E-state index is 11.9. The largest absolute Gasteiger partial charge is 0.444 e. The molecular formula is C16H22N2O2. The van der Waals surface area contributed by atoms with Gasteiger partial charge in [-0.3, -0.25) is 4.98 Å². The Morgan fingerprint density at radius 2 is 2.10 bits per heavy atom. The number of carbonyl (C=O) groups excluding carboxylic acids is 1. The highest BCUT2D eigenvalue weighted by molar-refractivity contribution is 5.69. The Hall–Kier alpha value is -1.58. The maximum atomic E-state index is 11.9. The van der Waals surface area contributed by atoms with Crippen LogP contribution in [0, 0.1) is 5.41 Å². The van der Waals surface area contributed by atoms with Crippen LogP contribution in [0.4, 0.5) is 4.79 Å². The van der Waals surface area contributed by atoms with Gasteiger partial charge in [-0.15, -0.1) is 0 Å². The fourth-order valence-corrected chi connectivity index (χ4v) is 3.32. The van der Waals surface area contributed by atoms with Crippen molar-refractivity contribution in [1.82, 2.24) is 9.88 Å². The summed E-state index contributed by atoms with van der Waals surface area (Å²) >= 11 is 0. The molecule has 1 aliphatic carbocycles. The zero-order valence-corrected chi connectivity index (χ0v) is 12.4. The number of nitrogens with zero attached hydrogens (tertiary/aromatic N) is 2. The van der Waals surface area contributed by atoms with Gasteiger partial charge in [-0.1, -0.05) is 6.07 Å². The maximum Gasteiger partial charge on any atom is 0.410 e. The van der Waals surface area contributed by atoms with Gasteiger partial charge in [-0.25, -0.2) is 4.79 Å². The van der Waals surface area contributed by atoms with Gasteiger partial charge >= 0.3 is 6.09 Å². The number of hydrogen-bond donors (Lipinski definition) is 0. The van der Waals surface area contributed by atoms with E-state index in [1.54, 1.807) is 0 Å². The summed E-state index contributed by atoms with van der Waals surface area (Å²) in [5, 5.41) is 0. The molecule has 0 unspecified atom stereocenters. The topological polar surface area (TPSA) is 42.4 Å². The molecule has 3 rings (SSSR count). The summed E-state index contributed by atoms with van der Waals surface area (Å²) in [5.74, 6) is 0.615. The standard InChI is InChI=1S/C16H22N2O2/c1-15(2,3)20-14(19)18-10-16(11-18)7-13(8-16)12-5-4-6-17-9-12/h4-6,9,13H,7-8,10-11H2,1-3H3. The van der Waals surface area contributed by atoms with E-state index in [0.717, 1.165) is 25.9 Å². The van der Waals surface area contributed by atoms with Gasteiger partial charge in [-0.2, -0.15) is 0 Å². The molecule has 0 N–H and O–H groups in total. The predicted octanol–water partition coefficient (Wildman–Crippen LogP) is 3.20. The van der Waals surface area contributed by atoms with Crippen LogP contribution in [0.25, 0.3) is 0 Å². The summed E-state index contributed by atoms with van der Waals surface area (Å²) in [5.41, 5.74) is 1.27. The summed E-state index contributed by atoms with van der Waals surface area (Å²) in [6.45, 7) is 7.41. The summed E-state index contributed by atoms with van der Waals surface area (Å²) in [7, 11) is 0. The van der Waals surface area contributed by atoms with Crippen LogP contribution >= 0.6 is 0 Å². The van der Waals surface area contributed by atoms with Crippen LogP contribution in [0.1, 0.15) is 45.1 Å². The summed E-state index contributed by atoms with van der Waals surface area (Å²) in [6.07, 6.45) is 5.93. The molecule has 0 radical (unpaired) electrons. The van der Waals surface area contributed by atoms with Gasteiger partial charge < -0.3 is 9.64 Å². The molecule has 1 spiro atoms. The molecular weight excluding hydrogens is 252 g/mol. The molecule has 0 bridgehead atoms. The molecule has 1 saturated heterocycles. The Balaban J connectivity index is 1.49. The lowest BCUT2D eigenvalue weighted by Crippen LogP contribution is -2.63. The van der Waals surface area contributed by atoms with Gasteiger partial charge in [0.15, 0.2) is 0 Å². The fourth-order valence-electron chi connectivity index (χ4n) is 3.32. The molecule has 20 heavy (non-hydrogen) atoms. The van der Waals surface area contributed by atoms with Crippen LogP contribution in [0.5, 0.6) is 0 Å². The Kier molecular flexibility index (Phi) is 3.00. The van der Waals surface area contributed by atoms with Gasteiger partial charge in [0.1, 0.15) is 5.60 Å². The number of likely N-dealkylation sites (tertiary alicyclic amines) is 1. The van der Waals surface area contributed by atoms with Crippen LogP contribution in [-0.4, -0.2) is 34.7 Å². The van der Waals surface area contributed by atoms with Crippen molar-refractivity contribution >= 4 is 6.09 Å². The average Bonchev–Trinajstić information content (AvgIpc) is 2.24. The van der Waals surface area contributed by atoms with E-state index in [0.29, 0.717) is 11.3 Å². The van der Waals surface area contributed by atoms with Crippen molar-refractivity contribution in [2.45, 2.75) is 45.1 Å². The average molecular weight is 274 g/mol. The second-order valence-corrected chi connectivity index (χ2v) is 7.23. The molecule has 1 aromatic rings. The molecule has 1 aromatic heterocycles. The molecule has 2 fully saturated rings. The highest BCUT2D eigenvalue weighted by Gasteiger charge is 2.54. The highest BCUT2D eigenvalue weighted by atomic mass is 16.6. The fraction of sp³-hybridized carbons (Fsp3) is 0.625. The van der Waals surface area contributed by atoms with Crippen molar-refractivity contribution in [3.63, 3.8) is 0 Å². The first-order valence-electron chi connectivity index (χ1n) is 7.25. The van der Waals surface area contributed by atoms with E-state index >= 15 is 0 Å². The van der Waals surface area contributed by atoms with Crippen LogP contribution in [0.2, 0.25) is 0 Å². The second-order valence-electron chi connectivity index (χ2n) is 7.23. The molecule has 1 amide bonds. The number of rotatable bonds is 1. The molecule has 4 heteroatoms. The molecule has 0 aromatic carbocycles. The minimum absolute atomic E-state index is 0.173. The van der Waals surface area contributed by atoms with Gasteiger partial charge in [-0.05, 0) is 51.2 Å². The number of aromatic nitrogens is 1. The molecule has 2 heterocycles. The summed E-state index contributed by atoms with van der Waals surface area (Å²) in [4.78, 5) is 17.9. The van der Waals surface area contributed by atoms with Crippen molar-refractivity contribution < 1.29 is 9.53 Å². The molecule has 2 aliphatic rings. The Morgan fingerprint density at radius 3 is 2.65 bits per heavy atom. The normalized spacial score (nSPS) is 21.2. The molecule has 1 saturated carbocycles. The van der Waals surface area contributed by atoms with Crippen LogP contribution in [-0.2, 0) is 4.74 Å². The zero-order valence-electron chi connectivity index (χ0n) is 12.4.